The lowest BCUT2D eigenvalue weighted by Crippen LogP contribution is -2.51. The molecular weight excluding hydrogens is 224 g/mol. The molecule has 0 aromatic heterocycles. The van der Waals surface area contributed by atoms with Gasteiger partial charge in [0.25, 0.3) is 0 Å². The van der Waals surface area contributed by atoms with Crippen molar-refractivity contribution < 1.29 is 19.8 Å². The summed E-state index contributed by atoms with van der Waals surface area (Å²) in [4.78, 5) is 22.9. The fraction of sp³-hybridized carbons (Fsp3) is 0.818. The zero-order chi connectivity index (χ0) is 12.9. The number of aliphatic hydroxyl groups is 1. The van der Waals surface area contributed by atoms with Gasteiger partial charge in [-0.25, -0.2) is 4.79 Å². The van der Waals surface area contributed by atoms with E-state index in [4.69, 9.17) is 10.2 Å². The fourth-order valence-electron chi connectivity index (χ4n) is 1.92. The van der Waals surface area contributed by atoms with E-state index in [0.717, 1.165) is 13.1 Å². The third-order valence-corrected chi connectivity index (χ3v) is 3.28. The molecule has 0 aromatic rings. The largest absolute Gasteiger partial charge is 0.480 e. The summed E-state index contributed by atoms with van der Waals surface area (Å²) in [5.74, 6) is -1.34. The number of hydrogen-bond acceptors (Lipinski definition) is 4. The summed E-state index contributed by atoms with van der Waals surface area (Å²) in [7, 11) is 0. The number of aliphatic carboxylic acids is 1. The Kier molecular flexibility index (Phi) is 4.89. The third kappa shape index (κ3) is 3.67. The molecule has 4 N–H and O–H groups in total. The zero-order valence-corrected chi connectivity index (χ0v) is 10.0. The van der Waals surface area contributed by atoms with Crippen LogP contribution < -0.4 is 10.6 Å². The lowest BCUT2D eigenvalue weighted by atomic mass is 9.80. The first-order valence-corrected chi connectivity index (χ1v) is 5.85. The number of nitrogens with one attached hydrogen (secondary N) is 2. The average Bonchev–Trinajstić information content (AvgIpc) is 2.29. The van der Waals surface area contributed by atoms with Gasteiger partial charge in [0, 0.05) is 18.4 Å². The van der Waals surface area contributed by atoms with Crippen molar-refractivity contribution in [1.29, 1.82) is 0 Å². The van der Waals surface area contributed by atoms with E-state index in [1.54, 1.807) is 0 Å². The van der Waals surface area contributed by atoms with Crippen molar-refractivity contribution in [1.82, 2.24) is 10.6 Å². The summed E-state index contributed by atoms with van der Waals surface area (Å²) in [6, 6.07) is -1.00. The molecule has 1 heterocycles. The maximum atomic E-state index is 12.0. The molecule has 1 saturated heterocycles. The number of carbonyl (C=O) groups is 2. The van der Waals surface area contributed by atoms with Crippen LogP contribution in [0.3, 0.4) is 0 Å². The summed E-state index contributed by atoms with van der Waals surface area (Å²) in [6.45, 7) is 3.12. The summed E-state index contributed by atoms with van der Waals surface area (Å²) < 4.78 is 0. The Morgan fingerprint density at radius 3 is 2.47 bits per heavy atom. The predicted molar refractivity (Wildman–Crippen MR) is 61.5 cm³/mol. The predicted octanol–water partition coefficient (Wildman–Crippen LogP) is -0.672. The highest BCUT2D eigenvalue weighted by Gasteiger charge is 2.36. The van der Waals surface area contributed by atoms with E-state index in [9.17, 15) is 9.59 Å². The summed E-state index contributed by atoms with van der Waals surface area (Å²) >= 11 is 0. The minimum Gasteiger partial charge on any atom is -0.480 e. The first kappa shape index (κ1) is 13.9. The SMILES string of the molecule is CC1(C(=O)NC(CCO)C(=O)O)CCNCC1. The van der Waals surface area contributed by atoms with E-state index < -0.39 is 17.4 Å². The van der Waals surface area contributed by atoms with Gasteiger partial charge in [-0.05, 0) is 25.9 Å². The average molecular weight is 244 g/mol. The van der Waals surface area contributed by atoms with Crippen molar-refractivity contribution >= 4 is 11.9 Å². The number of rotatable bonds is 5. The van der Waals surface area contributed by atoms with Gasteiger partial charge in [-0.3, -0.25) is 4.79 Å². The normalized spacial score (nSPS) is 20.6. The molecule has 17 heavy (non-hydrogen) atoms. The van der Waals surface area contributed by atoms with E-state index in [2.05, 4.69) is 10.6 Å². The molecule has 0 aromatic carbocycles. The Morgan fingerprint density at radius 1 is 1.41 bits per heavy atom. The van der Waals surface area contributed by atoms with Crippen LogP contribution in [-0.2, 0) is 9.59 Å². The molecule has 6 nitrogen and oxygen atoms in total. The van der Waals surface area contributed by atoms with Crippen molar-refractivity contribution in [3.63, 3.8) is 0 Å². The van der Waals surface area contributed by atoms with Crippen molar-refractivity contribution in [2.75, 3.05) is 19.7 Å². The van der Waals surface area contributed by atoms with Gasteiger partial charge in [-0.1, -0.05) is 6.92 Å². The third-order valence-electron chi connectivity index (χ3n) is 3.28. The molecular formula is C11H20N2O4. The Bertz CT molecular complexity index is 287. The molecule has 1 aliphatic rings. The van der Waals surface area contributed by atoms with Crippen LogP contribution in [0.15, 0.2) is 0 Å². The van der Waals surface area contributed by atoms with Crippen LogP contribution in [0.4, 0.5) is 0 Å². The first-order valence-electron chi connectivity index (χ1n) is 5.85. The maximum absolute atomic E-state index is 12.0. The number of aliphatic hydroxyl groups excluding tert-OH is 1. The topological polar surface area (TPSA) is 98.7 Å². The minimum absolute atomic E-state index is 0.0371. The monoisotopic (exact) mass is 244 g/mol. The standard InChI is InChI=1S/C11H20N2O4/c1-11(3-5-12-6-4-11)10(17)13-8(2-7-14)9(15)16/h8,12,14H,2-7H2,1H3,(H,13,17)(H,15,16). The lowest BCUT2D eigenvalue weighted by molar-refractivity contribution is -0.144. The minimum atomic E-state index is -1.11. The van der Waals surface area contributed by atoms with Crippen LogP contribution in [0, 0.1) is 5.41 Å². The van der Waals surface area contributed by atoms with Gasteiger partial charge in [-0.2, -0.15) is 0 Å². The van der Waals surface area contributed by atoms with Crippen LogP contribution in [-0.4, -0.2) is 47.8 Å². The van der Waals surface area contributed by atoms with Crippen LogP contribution in [0.5, 0.6) is 0 Å². The van der Waals surface area contributed by atoms with Crippen LogP contribution in [0.2, 0.25) is 0 Å². The van der Waals surface area contributed by atoms with Crippen molar-refractivity contribution in [2.24, 2.45) is 5.41 Å². The van der Waals surface area contributed by atoms with Crippen LogP contribution in [0.1, 0.15) is 26.2 Å². The number of carboxylic acids is 1. The molecule has 0 bridgehead atoms. The number of piperidine rings is 1. The second kappa shape index (κ2) is 5.97. The van der Waals surface area contributed by atoms with Gasteiger partial charge in [0.15, 0.2) is 0 Å². The van der Waals surface area contributed by atoms with Crippen molar-refractivity contribution in [3.05, 3.63) is 0 Å². The summed E-state index contributed by atoms with van der Waals surface area (Å²) in [5.41, 5.74) is -0.506. The second-order valence-corrected chi connectivity index (χ2v) is 4.69. The molecule has 6 heteroatoms. The van der Waals surface area contributed by atoms with Gasteiger partial charge in [0.1, 0.15) is 6.04 Å². The van der Waals surface area contributed by atoms with E-state index in [0.29, 0.717) is 12.8 Å². The van der Waals surface area contributed by atoms with Gasteiger partial charge in [0.2, 0.25) is 5.91 Å². The fourth-order valence-corrected chi connectivity index (χ4v) is 1.92. The molecule has 1 unspecified atom stereocenters. The number of amides is 1. The molecule has 1 rings (SSSR count). The number of carbonyl (C=O) groups excluding carboxylic acids is 1. The van der Waals surface area contributed by atoms with Crippen molar-refractivity contribution in [2.45, 2.75) is 32.2 Å². The molecule has 0 spiro atoms. The number of hydrogen-bond donors (Lipinski definition) is 4. The molecule has 1 aliphatic heterocycles. The quantitative estimate of drug-likeness (QED) is 0.514. The highest BCUT2D eigenvalue weighted by molar-refractivity contribution is 5.87. The zero-order valence-electron chi connectivity index (χ0n) is 10.0. The van der Waals surface area contributed by atoms with Gasteiger partial charge in [0.05, 0.1) is 0 Å². The molecule has 98 valence electrons. The smallest absolute Gasteiger partial charge is 0.326 e. The summed E-state index contributed by atoms with van der Waals surface area (Å²) in [6.07, 6.45) is 1.43. The maximum Gasteiger partial charge on any atom is 0.326 e. The lowest BCUT2D eigenvalue weighted by Gasteiger charge is -2.33. The first-order chi connectivity index (χ1) is 7.99. The van der Waals surface area contributed by atoms with E-state index in [1.165, 1.54) is 0 Å². The Morgan fingerprint density at radius 2 is 2.00 bits per heavy atom. The van der Waals surface area contributed by atoms with Gasteiger partial charge >= 0.3 is 5.97 Å². The Labute approximate surface area is 100 Å². The van der Waals surface area contributed by atoms with E-state index >= 15 is 0 Å². The van der Waals surface area contributed by atoms with Gasteiger partial charge in [-0.15, -0.1) is 0 Å². The Balaban J connectivity index is 2.59. The highest BCUT2D eigenvalue weighted by Crippen LogP contribution is 2.28. The van der Waals surface area contributed by atoms with Crippen molar-refractivity contribution in [3.8, 4) is 0 Å². The molecule has 0 saturated carbocycles. The van der Waals surface area contributed by atoms with E-state index in [-0.39, 0.29) is 18.9 Å². The van der Waals surface area contributed by atoms with Gasteiger partial charge < -0.3 is 20.8 Å². The van der Waals surface area contributed by atoms with Crippen LogP contribution >= 0.6 is 0 Å². The van der Waals surface area contributed by atoms with Crippen LogP contribution in [0.25, 0.3) is 0 Å². The molecule has 0 aliphatic carbocycles. The van der Waals surface area contributed by atoms with E-state index in [1.807, 2.05) is 6.92 Å². The Hall–Kier alpha value is -1.14. The molecule has 0 radical (unpaired) electrons. The summed E-state index contributed by atoms with van der Waals surface area (Å²) in [5, 5.41) is 23.3. The second-order valence-electron chi connectivity index (χ2n) is 4.69. The molecule has 1 atom stereocenters. The highest BCUT2D eigenvalue weighted by atomic mass is 16.4. The molecule has 1 fully saturated rings. The molecule has 1 amide bonds. The number of carboxylic acid groups (broad SMARTS) is 1.